The molecule has 1 aliphatic rings. The molecule has 7 heteroatoms. The van der Waals surface area contributed by atoms with Crippen LogP contribution in [0.2, 0.25) is 0 Å². The van der Waals surface area contributed by atoms with E-state index < -0.39 is 0 Å². The first-order valence-corrected chi connectivity index (χ1v) is 12.3. The second kappa shape index (κ2) is 11.5. The third-order valence-corrected chi connectivity index (χ3v) is 7.00. The Morgan fingerprint density at radius 1 is 1.21 bits per heavy atom. The number of hydrogen-bond acceptors (Lipinski definition) is 5. The number of carbonyl (C=O) groups excluding carboxylic acids is 1. The molecule has 0 saturated carbocycles. The Bertz CT molecular complexity index is 1020. The third-order valence-electron chi connectivity index (χ3n) is 5.85. The highest BCUT2D eigenvalue weighted by Crippen LogP contribution is 2.39. The summed E-state index contributed by atoms with van der Waals surface area (Å²) in [6.07, 6.45) is 6.39. The number of benzene rings is 2. The lowest BCUT2D eigenvalue weighted by molar-refractivity contribution is -0.387. The van der Waals surface area contributed by atoms with Gasteiger partial charge in [0, 0.05) is 36.2 Å². The van der Waals surface area contributed by atoms with E-state index in [2.05, 4.69) is 24.8 Å². The average Bonchev–Trinajstić information content (AvgIpc) is 2.78. The van der Waals surface area contributed by atoms with Crippen LogP contribution in [0.4, 0.5) is 5.69 Å². The SMILES string of the molecule is CC(C)c1ccccc1Sc1ccc(/C=C/C(=O)N2CCCCC2CN(C)C)cc1[N+](=O)[O-]. The number of amides is 1. The molecule has 1 heterocycles. The molecule has 1 fully saturated rings. The third kappa shape index (κ3) is 6.68. The second-order valence-corrected chi connectivity index (χ2v) is 10.1. The molecule has 3 rings (SSSR count). The van der Waals surface area contributed by atoms with Gasteiger partial charge >= 0.3 is 0 Å². The van der Waals surface area contributed by atoms with Gasteiger partial charge in [-0.05, 0) is 68.6 Å². The Kier molecular flexibility index (Phi) is 8.69. The fraction of sp³-hybridized carbons (Fsp3) is 0.423. The second-order valence-electron chi connectivity index (χ2n) is 9.06. The predicted octanol–water partition coefficient (Wildman–Crippen LogP) is 5.83. The highest BCUT2D eigenvalue weighted by atomic mass is 32.2. The smallest absolute Gasteiger partial charge is 0.283 e. The Hall–Kier alpha value is -2.64. The van der Waals surface area contributed by atoms with E-state index in [-0.39, 0.29) is 22.6 Å². The van der Waals surface area contributed by atoms with E-state index in [9.17, 15) is 14.9 Å². The van der Waals surface area contributed by atoms with Crippen molar-refractivity contribution in [1.29, 1.82) is 0 Å². The number of nitrogens with zero attached hydrogens (tertiary/aromatic N) is 3. The summed E-state index contributed by atoms with van der Waals surface area (Å²) in [5, 5.41) is 11.8. The zero-order valence-corrected chi connectivity index (χ0v) is 20.7. The van der Waals surface area contributed by atoms with Crippen molar-refractivity contribution in [3.8, 4) is 0 Å². The van der Waals surface area contributed by atoms with Crippen molar-refractivity contribution in [1.82, 2.24) is 9.80 Å². The van der Waals surface area contributed by atoms with E-state index in [0.717, 1.165) is 37.2 Å². The number of likely N-dealkylation sites (N-methyl/N-ethyl adjacent to an activating group) is 1. The zero-order chi connectivity index (χ0) is 24.0. The summed E-state index contributed by atoms with van der Waals surface area (Å²) in [6.45, 7) is 5.83. The van der Waals surface area contributed by atoms with Crippen LogP contribution in [-0.2, 0) is 4.79 Å². The number of nitro benzene ring substituents is 1. The van der Waals surface area contributed by atoms with Crippen LogP contribution in [0.3, 0.4) is 0 Å². The molecule has 1 amide bonds. The van der Waals surface area contributed by atoms with Gasteiger partial charge in [-0.15, -0.1) is 0 Å². The fourth-order valence-corrected chi connectivity index (χ4v) is 5.38. The number of nitro groups is 1. The number of hydrogen-bond donors (Lipinski definition) is 0. The number of carbonyl (C=O) groups is 1. The van der Waals surface area contributed by atoms with Gasteiger partial charge in [-0.1, -0.05) is 49.9 Å². The lowest BCUT2D eigenvalue weighted by atomic mass is 10.0. The van der Waals surface area contributed by atoms with Gasteiger partial charge in [0.25, 0.3) is 5.69 Å². The standard InChI is InChI=1S/C26H33N3O3S/c1-19(2)22-10-5-6-11-24(22)33-25-14-12-20(17-23(25)29(31)32)13-15-26(30)28-16-8-7-9-21(28)18-27(3)4/h5-6,10-15,17,19,21H,7-9,16,18H2,1-4H3/b15-13+. The van der Waals surface area contributed by atoms with E-state index >= 15 is 0 Å². The molecule has 0 radical (unpaired) electrons. The highest BCUT2D eigenvalue weighted by molar-refractivity contribution is 7.99. The molecule has 0 spiro atoms. The molecule has 6 nitrogen and oxygen atoms in total. The summed E-state index contributed by atoms with van der Waals surface area (Å²) < 4.78 is 0. The maximum Gasteiger partial charge on any atom is 0.283 e. The Morgan fingerprint density at radius 2 is 1.97 bits per heavy atom. The molecule has 176 valence electrons. The van der Waals surface area contributed by atoms with Gasteiger partial charge in [-0.2, -0.15) is 0 Å². The molecule has 1 saturated heterocycles. The van der Waals surface area contributed by atoms with Crippen molar-refractivity contribution < 1.29 is 9.72 Å². The first-order chi connectivity index (χ1) is 15.8. The van der Waals surface area contributed by atoms with Crippen molar-refractivity contribution in [2.75, 3.05) is 27.2 Å². The number of piperidine rings is 1. The molecule has 33 heavy (non-hydrogen) atoms. The summed E-state index contributed by atoms with van der Waals surface area (Å²) >= 11 is 1.41. The van der Waals surface area contributed by atoms with E-state index in [1.807, 2.05) is 43.3 Å². The molecule has 1 aliphatic heterocycles. The summed E-state index contributed by atoms with van der Waals surface area (Å²) in [4.78, 5) is 30.0. The average molecular weight is 468 g/mol. The van der Waals surface area contributed by atoms with Crippen molar-refractivity contribution in [3.05, 3.63) is 69.8 Å². The quantitative estimate of drug-likeness (QED) is 0.278. The minimum Gasteiger partial charge on any atom is -0.335 e. The molecule has 2 aromatic rings. The van der Waals surface area contributed by atoms with Crippen molar-refractivity contribution >= 4 is 29.4 Å². The van der Waals surface area contributed by atoms with Crippen molar-refractivity contribution in [2.45, 2.75) is 54.9 Å². The normalized spacial score (nSPS) is 16.7. The summed E-state index contributed by atoms with van der Waals surface area (Å²) in [7, 11) is 4.04. The minimum atomic E-state index is -0.350. The highest BCUT2D eigenvalue weighted by Gasteiger charge is 2.25. The molecular weight excluding hydrogens is 434 g/mol. The van der Waals surface area contributed by atoms with Gasteiger partial charge in [0.1, 0.15) is 0 Å². The Labute approximate surface area is 200 Å². The number of likely N-dealkylation sites (tertiary alicyclic amines) is 1. The maximum atomic E-state index is 12.9. The van der Waals surface area contributed by atoms with Gasteiger partial charge in [-0.25, -0.2) is 0 Å². The van der Waals surface area contributed by atoms with Crippen LogP contribution in [0.1, 0.15) is 50.2 Å². The topological polar surface area (TPSA) is 66.7 Å². The number of rotatable bonds is 8. The van der Waals surface area contributed by atoms with E-state index in [1.54, 1.807) is 24.3 Å². The summed E-state index contributed by atoms with van der Waals surface area (Å²) in [5.41, 5.74) is 1.87. The Morgan fingerprint density at radius 3 is 2.67 bits per heavy atom. The van der Waals surface area contributed by atoms with E-state index in [1.165, 1.54) is 17.3 Å². The lowest BCUT2D eigenvalue weighted by Gasteiger charge is -2.36. The van der Waals surface area contributed by atoms with Gasteiger partial charge in [0.2, 0.25) is 5.91 Å². The van der Waals surface area contributed by atoms with Crippen LogP contribution >= 0.6 is 11.8 Å². The maximum absolute atomic E-state index is 12.9. The van der Waals surface area contributed by atoms with Gasteiger partial charge < -0.3 is 9.80 Å². The van der Waals surface area contributed by atoms with Crippen LogP contribution in [-0.4, -0.2) is 53.9 Å². The van der Waals surface area contributed by atoms with Crippen LogP contribution in [0.25, 0.3) is 6.08 Å². The minimum absolute atomic E-state index is 0.0338. The molecule has 1 atom stereocenters. The fourth-order valence-electron chi connectivity index (χ4n) is 4.20. The van der Waals surface area contributed by atoms with Crippen LogP contribution in [0.15, 0.2) is 58.3 Å². The molecule has 2 aromatic carbocycles. The lowest BCUT2D eigenvalue weighted by Crippen LogP contribution is -2.47. The molecule has 0 aromatic heterocycles. The molecule has 0 bridgehead atoms. The van der Waals surface area contributed by atoms with Gasteiger partial charge in [0.05, 0.1) is 9.82 Å². The van der Waals surface area contributed by atoms with E-state index in [0.29, 0.717) is 16.4 Å². The van der Waals surface area contributed by atoms with Crippen molar-refractivity contribution in [2.24, 2.45) is 0 Å². The predicted molar refractivity (Wildman–Crippen MR) is 135 cm³/mol. The van der Waals surface area contributed by atoms with Gasteiger partial charge in [0.15, 0.2) is 0 Å². The summed E-state index contributed by atoms with van der Waals surface area (Å²) in [6, 6.07) is 13.4. The molecule has 0 aliphatic carbocycles. The van der Waals surface area contributed by atoms with E-state index in [4.69, 9.17) is 0 Å². The molecule has 0 N–H and O–H groups in total. The van der Waals surface area contributed by atoms with Crippen LogP contribution in [0.5, 0.6) is 0 Å². The molecule has 1 unspecified atom stereocenters. The first kappa shape index (κ1) is 25.0. The molecular formula is C26H33N3O3S. The largest absolute Gasteiger partial charge is 0.335 e. The van der Waals surface area contributed by atoms with Gasteiger partial charge in [-0.3, -0.25) is 14.9 Å². The first-order valence-electron chi connectivity index (χ1n) is 11.4. The van der Waals surface area contributed by atoms with Crippen molar-refractivity contribution in [3.63, 3.8) is 0 Å². The van der Waals surface area contributed by atoms with Crippen LogP contribution < -0.4 is 0 Å². The Balaban J connectivity index is 1.80. The monoisotopic (exact) mass is 467 g/mol. The van der Waals surface area contributed by atoms with Crippen LogP contribution in [0, 0.1) is 10.1 Å². The zero-order valence-electron chi connectivity index (χ0n) is 19.9. The summed E-state index contributed by atoms with van der Waals surface area (Å²) in [5.74, 6) is 0.292.